The van der Waals surface area contributed by atoms with Gasteiger partial charge in [0.05, 0.1) is 27.5 Å². The number of hydrogen-bond donors (Lipinski definition) is 1. The number of nitro groups is 1. The number of fused-ring (bicyclic) bond motifs is 2. The van der Waals surface area contributed by atoms with Gasteiger partial charge in [-0.25, -0.2) is 4.39 Å². The Morgan fingerprint density at radius 1 is 1.22 bits per heavy atom. The minimum Gasteiger partial charge on any atom is -0.490 e. The van der Waals surface area contributed by atoms with E-state index in [2.05, 4.69) is 10.2 Å². The lowest BCUT2D eigenvalue weighted by molar-refractivity contribution is -0.385. The average Bonchev–Trinajstić information content (AvgIpc) is 3.26. The van der Waals surface area contributed by atoms with Crippen LogP contribution >= 0.6 is 0 Å². The van der Waals surface area contributed by atoms with E-state index in [1.165, 1.54) is 29.8 Å². The van der Waals surface area contributed by atoms with E-state index in [0.29, 0.717) is 36.8 Å². The molecule has 4 aromatic rings. The lowest BCUT2D eigenvalue weighted by atomic mass is 10.0. The molecule has 3 heterocycles. The fourth-order valence-electron chi connectivity index (χ4n) is 4.39. The van der Waals surface area contributed by atoms with Crippen LogP contribution < -0.4 is 15.2 Å². The summed E-state index contributed by atoms with van der Waals surface area (Å²) in [4.78, 5) is 25.7. The molecule has 2 aromatic carbocycles. The van der Waals surface area contributed by atoms with Gasteiger partial charge in [-0.3, -0.25) is 20.0 Å². The van der Waals surface area contributed by atoms with Crippen LogP contribution in [0.1, 0.15) is 12.8 Å². The lowest BCUT2D eigenvalue weighted by Crippen LogP contribution is -2.39. The second-order valence-electron chi connectivity index (χ2n) is 7.87. The van der Waals surface area contributed by atoms with Gasteiger partial charge in [-0.15, -0.1) is 0 Å². The largest absolute Gasteiger partial charge is 0.490 e. The first-order valence-electron chi connectivity index (χ1n) is 10.2. The number of anilines is 1. The maximum absolute atomic E-state index is 14.1. The molecule has 164 valence electrons. The number of nitrogens with one attached hydrogen (secondary N) is 1. The second kappa shape index (κ2) is 7.63. The maximum Gasteiger partial charge on any atom is 0.357 e. The van der Waals surface area contributed by atoms with E-state index < -0.39 is 22.0 Å². The van der Waals surface area contributed by atoms with Gasteiger partial charge in [0.2, 0.25) is 0 Å². The summed E-state index contributed by atoms with van der Waals surface area (Å²) in [5, 5.41) is 20.0. The predicted molar refractivity (Wildman–Crippen MR) is 118 cm³/mol. The number of aromatic amines is 1. The summed E-state index contributed by atoms with van der Waals surface area (Å²) < 4.78 is 21.4. The zero-order chi connectivity index (χ0) is 22.4. The summed E-state index contributed by atoms with van der Waals surface area (Å²) >= 11 is 0. The summed E-state index contributed by atoms with van der Waals surface area (Å²) in [6.45, 7) is 0.872. The van der Waals surface area contributed by atoms with Crippen LogP contribution in [0.3, 0.4) is 0 Å². The van der Waals surface area contributed by atoms with Crippen molar-refractivity contribution in [2.24, 2.45) is 7.05 Å². The van der Waals surface area contributed by atoms with E-state index in [4.69, 9.17) is 4.74 Å². The van der Waals surface area contributed by atoms with Crippen molar-refractivity contribution in [1.29, 1.82) is 0 Å². The van der Waals surface area contributed by atoms with E-state index in [0.717, 1.165) is 16.7 Å². The number of halogens is 1. The maximum atomic E-state index is 14.1. The van der Waals surface area contributed by atoms with Crippen molar-refractivity contribution in [1.82, 2.24) is 14.8 Å². The van der Waals surface area contributed by atoms with E-state index in [9.17, 15) is 19.3 Å². The molecule has 1 aliphatic rings. The van der Waals surface area contributed by atoms with Crippen LogP contribution in [-0.4, -0.2) is 38.9 Å². The molecule has 1 N–H and O–H groups in total. The van der Waals surface area contributed by atoms with Gasteiger partial charge < -0.3 is 14.2 Å². The van der Waals surface area contributed by atoms with Crippen molar-refractivity contribution >= 4 is 33.2 Å². The van der Waals surface area contributed by atoms with Crippen molar-refractivity contribution in [3.8, 4) is 5.75 Å². The number of ether oxygens (including phenoxy) is 1. The fourth-order valence-corrected chi connectivity index (χ4v) is 4.39. The Morgan fingerprint density at radius 2 is 2.00 bits per heavy atom. The molecular weight excluding hydrogens is 417 g/mol. The van der Waals surface area contributed by atoms with Crippen LogP contribution in [-0.2, 0) is 7.05 Å². The molecule has 32 heavy (non-hydrogen) atoms. The second-order valence-corrected chi connectivity index (χ2v) is 7.87. The molecule has 1 fully saturated rings. The average molecular weight is 437 g/mol. The van der Waals surface area contributed by atoms with Crippen LogP contribution in [0.15, 0.2) is 47.4 Å². The number of hydrogen-bond acceptors (Lipinski definition) is 6. The Hall–Kier alpha value is -3.95. The van der Waals surface area contributed by atoms with E-state index in [-0.39, 0.29) is 11.8 Å². The topological polar surface area (TPSA) is 106 Å². The highest BCUT2D eigenvalue weighted by Gasteiger charge is 2.32. The van der Waals surface area contributed by atoms with Crippen LogP contribution in [0, 0.1) is 15.9 Å². The SMILES string of the molecule is Cn1c(=O)c([N+](=O)[O-])c(N2CCC(Oc3cccc4[nH]ncc34)CC2)c2cc(F)ccc21. The van der Waals surface area contributed by atoms with Crippen LogP contribution in [0.2, 0.25) is 0 Å². The minimum atomic E-state index is -0.714. The molecule has 0 saturated carbocycles. The number of pyridine rings is 1. The first-order valence-corrected chi connectivity index (χ1v) is 10.2. The summed E-state index contributed by atoms with van der Waals surface area (Å²) in [7, 11) is 1.45. The van der Waals surface area contributed by atoms with Gasteiger partial charge in [-0.2, -0.15) is 5.10 Å². The number of rotatable bonds is 4. The number of aryl methyl sites for hydroxylation is 1. The summed E-state index contributed by atoms with van der Waals surface area (Å²) in [6, 6.07) is 9.64. The molecule has 1 saturated heterocycles. The zero-order valence-electron chi connectivity index (χ0n) is 17.2. The van der Waals surface area contributed by atoms with Gasteiger partial charge in [0.1, 0.15) is 23.4 Å². The molecular formula is C22H20FN5O4. The van der Waals surface area contributed by atoms with Crippen molar-refractivity contribution < 1.29 is 14.1 Å². The third-order valence-electron chi connectivity index (χ3n) is 5.99. The third kappa shape index (κ3) is 3.24. The Bertz CT molecular complexity index is 1400. The number of benzene rings is 2. The van der Waals surface area contributed by atoms with Gasteiger partial charge >= 0.3 is 11.2 Å². The number of H-pyrrole nitrogens is 1. The molecule has 10 heteroatoms. The molecule has 0 spiro atoms. The van der Waals surface area contributed by atoms with E-state index >= 15 is 0 Å². The molecule has 1 aliphatic heterocycles. The smallest absolute Gasteiger partial charge is 0.357 e. The Balaban J connectivity index is 1.47. The first-order chi connectivity index (χ1) is 15.4. The van der Waals surface area contributed by atoms with Crippen molar-refractivity contribution in [2.45, 2.75) is 18.9 Å². The van der Waals surface area contributed by atoms with Crippen molar-refractivity contribution in [3.05, 3.63) is 68.9 Å². The number of piperidine rings is 1. The molecule has 0 unspecified atom stereocenters. The highest BCUT2D eigenvalue weighted by Crippen LogP contribution is 2.36. The van der Waals surface area contributed by atoms with E-state index in [1.807, 2.05) is 18.2 Å². The molecule has 2 aromatic heterocycles. The van der Waals surface area contributed by atoms with Crippen LogP contribution in [0.4, 0.5) is 15.8 Å². The van der Waals surface area contributed by atoms with Crippen LogP contribution in [0.25, 0.3) is 21.8 Å². The van der Waals surface area contributed by atoms with Crippen molar-refractivity contribution in [3.63, 3.8) is 0 Å². The Morgan fingerprint density at radius 3 is 2.75 bits per heavy atom. The summed E-state index contributed by atoms with van der Waals surface area (Å²) in [5.41, 5.74) is 0.247. The highest BCUT2D eigenvalue weighted by molar-refractivity contribution is 5.96. The first kappa shape index (κ1) is 20.0. The molecule has 0 bridgehead atoms. The third-order valence-corrected chi connectivity index (χ3v) is 5.99. The highest BCUT2D eigenvalue weighted by atomic mass is 19.1. The normalized spacial score (nSPS) is 14.9. The predicted octanol–water partition coefficient (Wildman–Crippen LogP) is 3.51. The lowest BCUT2D eigenvalue weighted by Gasteiger charge is -2.34. The zero-order valence-corrected chi connectivity index (χ0v) is 17.2. The van der Waals surface area contributed by atoms with Gasteiger partial charge in [0.15, 0.2) is 0 Å². The van der Waals surface area contributed by atoms with Crippen molar-refractivity contribution in [2.75, 3.05) is 18.0 Å². The van der Waals surface area contributed by atoms with Crippen LogP contribution in [0.5, 0.6) is 5.75 Å². The van der Waals surface area contributed by atoms with Gasteiger partial charge in [0.25, 0.3) is 0 Å². The molecule has 5 rings (SSSR count). The number of aromatic nitrogens is 3. The Kier molecular flexibility index (Phi) is 4.76. The van der Waals surface area contributed by atoms with Gasteiger partial charge in [-0.1, -0.05) is 6.07 Å². The molecule has 0 radical (unpaired) electrons. The molecule has 0 aliphatic carbocycles. The monoisotopic (exact) mass is 437 g/mol. The fraction of sp³-hybridized carbons (Fsp3) is 0.273. The Labute approximate surface area is 181 Å². The van der Waals surface area contributed by atoms with E-state index in [1.54, 1.807) is 11.1 Å². The molecule has 9 nitrogen and oxygen atoms in total. The quantitative estimate of drug-likeness (QED) is 0.387. The summed E-state index contributed by atoms with van der Waals surface area (Å²) in [5.74, 6) is 0.208. The molecule has 0 atom stereocenters. The standard InChI is InChI=1S/C22H20FN5O4/c1-26-18-6-5-13(23)11-15(18)20(21(22(26)29)28(30)31)27-9-7-14(8-10-27)32-19-4-2-3-17-16(19)12-24-25-17/h2-6,11-12,14H,7-10H2,1H3,(H,24,25). The minimum absolute atomic E-state index is 0.0969. The molecule has 0 amide bonds. The summed E-state index contributed by atoms with van der Waals surface area (Å²) in [6.07, 6.45) is 2.80. The van der Waals surface area contributed by atoms with Gasteiger partial charge in [0, 0.05) is 38.4 Å². The number of nitrogens with zero attached hydrogens (tertiary/aromatic N) is 4. The van der Waals surface area contributed by atoms with Gasteiger partial charge in [-0.05, 0) is 30.3 Å².